The first-order valence-electron chi connectivity index (χ1n) is 8.53. The van der Waals surface area contributed by atoms with E-state index in [1.54, 1.807) is 27.9 Å². The van der Waals surface area contributed by atoms with Gasteiger partial charge >= 0.3 is 6.09 Å². The predicted molar refractivity (Wildman–Crippen MR) is 97.4 cm³/mol. The molecule has 1 aliphatic rings. The molecule has 1 fully saturated rings. The van der Waals surface area contributed by atoms with Gasteiger partial charge in [-0.3, -0.25) is 9.48 Å². The van der Waals surface area contributed by atoms with Crippen LogP contribution in [0.1, 0.15) is 24.2 Å². The summed E-state index contributed by atoms with van der Waals surface area (Å²) in [5, 5.41) is 9.99. The summed E-state index contributed by atoms with van der Waals surface area (Å²) < 4.78 is 6.95. The lowest BCUT2D eigenvalue weighted by Crippen LogP contribution is -2.56. The topological polar surface area (TPSA) is 88.5 Å². The third-order valence-electron chi connectivity index (χ3n) is 3.92. The van der Waals surface area contributed by atoms with E-state index >= 15 is 0 Å². The normalized spacial score (nSPS) is 14.1. The zero-order chi connectivity index (χ0) is 18.7. The predicted octanol–water partition coefficient (Wildman–Crippen LogP) is 2.12. The molecule has 0 unspecified atom stereocenters. The minimum absolute atomic E-state index is 0.0235. The van der Waals surface area contributed by atoms with Gasteiger partial charge in [-0.15, -0.1) is 0 Å². The van der Waals surface area contributed by atoms with Crippen molar-refractivity contribution in [1.82, 2.24) is 20.0 Å². The van der Waals surface area contributed by atoms with Crippen LogP contribution >= 0.6 is 0 Å². The maximum absolute atomic E-state index is 12.6. The van der Waals surface area contributed by atoms with Crippen LogP contribution in [0, 0.1) is 0 Å². The lowest BCUT2D eigenvalue weighted by atomic mass is 10.1. The third-order valence-corrected chi connectivity index (χ3v) is 3.92. The number of alkyl carbamates (subject to hydrolysis) is 1. The van der Waals surface area contributed by atoms with E-state index in [2.05, 4.69) is 15.7 Å². The first-order chi connectivity index (χ1) is 12.4. The molecule has 138 valence electrons. The highest BCUT2D eigenvalue weighted by atomic mass is 16.6. The summed E-state index contributed by atoms with van der Waals surface area (Å²) in [7, 11) is 1.84. The lowest BCUT2D eigenvalue weighted by molar-refractivity contribution is -0.00700. The highest BCUT2D eigenvalue weighted by Gasteiger charge is 2.34. The Balaban J connectivity index is 1.54. The fraction of sp³-hybridized carbons (Fsp3) is 0.389. The van der Waals surface area contributed by atoms with Crippen LogP contribution in [0.5, 0.6) is 0 Å². The van der Waals surface area contributed by atoms with Crippen LogP contribution in [0.4, 0.5) is 16.2 Å². The number of amides is 2. The van der Waals surface area contributed by atoms with Gasteiger partial charge in [-0.2, -0.15) is 5.10 Å². The van der Waals surface area contributed by atoms with E-state index in [9.17, 15) is 9.59 Å². The van der Waals surface area contributed by atoms with Gasteiger partial charge in [-0.1, -0.05) is 6.07 Å². The molecule has 2 aromatic rings. The number of likely N-dealkylation sites (tertiary alicyclic amines) is 1. The van der Waals surface area contributed by atoms with Crippen molar-refractivity contribution in [3.05, 3.63) is 42.2 Å². The standard InChI is InChI=1S/C18H23N5O3/c1-12(2)20-18(25)26-16-10-23(11-16)17(24)13-5-4-6-14(7-13)21-15-8-19-22(3)9-15/h4-9,12,16,21H,10-11H2,1-3H3,(H,20,25). The fourth-order valence-corrected chi connectivity index (χ4v) is 2.66. The van der Waals surface area contributed by atoms with E-state index in [4.69, 9.17) is 4.74 Å². The summed E-state index contributed by atoms with van der Waals surface area (Å²) >= 11 is 0. The molecule has 0 radical (unpaired) electrons. The Hall–Kier alpha value is -3.03. The monoisotopic (exact) mass is 357 g/mol. The number of rotatable bonds is 5. The first kappa shape index (κ1) is 17.8. The number of nitrogens with zero attached hydrogens (tertiary/aromatic N) is 3. The van der Waals surface area contributed by atoms with E-state index in [1.807, 2.05) is 39.2 Å². The smallest absolute Gasteiger partial charge is 0.407 e. The highest BCUT2D eigenvalue weighted by molar-refractivity contribution is 5.96. The van der Waals surface area contributed by atoms with E-state index in [-0.39, 0.29) is 18.1 Å². The maximum Gasteiger partial charge on any atom is 0.407 e. The van der Waals surface area contributed by atoms with Crippen molar-refractivity contribution in [2.75, 3.05) is 18.4 Å². The van der Waals surface area contributed by atoms with Crippen LogP contribution in [0.3, 0.4) is 0 Å². The minimum atomic E-state index is -0.445. The van der Waals surface area contributed by atoms with Gasteiger partial charge in [-0.05, 0) is 32.0 Å². The molecule has 1 aromatic heterocycles. The van der Waals surface area contributed by atoms with E-state index in [0.29, 0.717) is 18.7 Å². The number of hydrogen-bond acceptors (Lipinski definition) is 5. The Bertz CT molecular complexity index is 796. The molecule has 26 heavy (non-hydrogen) atoms. The second-order valence-electron chi connectivity index (χ2n) is 6.64. The van der Waals surface area contributed by atoms with Gasteiger partial charge in [0, 0.05) is 30.5 Å². The number of aryl methyl sites for hydroxylation is 1. The molecule has 8 nitrogen and oxygen atoms in total. The van der Waals surface area contributed by atoms with Crippen molar-refractivity contribution in [1.29, 1.82) is 0 Å². The summed E-state index contributed by atoms with van der Waals surface area (Å²) in [4.78, 5) is 25.8. The number of benzene rings is 1. The second-order valence-corrected chi connectivity index (χ2v) is 6.64. The largest absolute Gasteiger partial charge is 0.442 e. The minimum Gasteiger partial charge on any atom is -0.442 e. The number of ether oxygens (including phenoxy) is 1. The molecule has 2 amide bonds. The number of carbonyl (C=O) groups excluding carboxylic acids is 2. The molecule has 0 saturated carbocycles. The summed E-state index contributed by atoms with van der Waals surface area (Å²) in [5.74, 6) is -0.0797. The van der Waals surface area contributed by atoms with Gasteiger partial charge in [0.2, 0.25) is 0 Å². The van der Waals surface area contributed by atoms with E-state index < -0.39 is 6.09 Å². The zero-order valence-electron chi connectivity index (χ0n) is 15.1. The van der Waals surface area contributed by atoms with Crippen molar-refractivity contribution in [3.63, 3.8) is 0 Å². The quantitative estimate of drug-likeness (QED) is 0.856. The summed E-state index contributed by atoms with van der Waals surface area (Å²) in [6.07, 6.45) is 2.87. The molecular formula is C18H23N5O3. The van der Waals surface area contributed by atoms with Crippen molar-refractivity contribution >= 4 is 23.4 Å². The highest BCUT2D eigenvalue weighted by Crippen LogP contribution is 2.20. The Morgan fingerprint density at radius 1 is 1.27 bits per heavy atom. The average Bonchev–Trinajstić information content (AvgIpc) is 2.94. The number of nitrogens with one attached hydrogen (secondary N) is 2. The number of anilines is 2. The van der Waals surface area contributed by atoms with E-state index in [1.165, 1.54) is 0 Å². The average molecular weight is 357 g/mol. The summed E-state index contributed by atoms with van der Waals surface area (Å²) in [5.41, 5.74) is 2.25. The van der Waals surface area contributed by atoms with Crippen LogP contribution in [0.2, 0.25) is 0 Å². The van der Waals surface area contributed by atoms with Gasteiger partial charge in [0.25, 0.3) is 5.91 Å². The molecule has 8 heteroatoms. The number of aromatic nitrogens is 2. The number of carbonyl (C=O) groups is 2. The van der Waals surface area contributed by atoms with Gasteiger partial charge in [0.15, 0.2) is 0 Å². The molecule has 0 bridgehead atoms. The SMILES string of the molecule is CC(C)NC(=O)OC1CN(C(=O)c2cccc(Nc3cnn(C)c3)c2)C1. The van der Waals surface area contributed by atoms with Crippen LogP contribution < -0.4 is 10.6 Å². The Kier molecular flexibility index (Phi) is 5.11. The molecule has 2 heterocycles. The molecule has 0 spiro atoms. The first-order valence-corrected chi connectivity index (χ1v) is 8.53. The lowest BCUT2D eigenvalue weighted by Gasteiger charge is -2.38. The maximum atomic E-state index is 12.6. The van der Waals surface area contributed by atoms with Crippen LogP contribution in [0.25, 0.3) is 0 Å². The summed E-state index contributed by atoms with van der Waals surface area (Å²) in [6, 6.07) is 7.32. The van der Waals surface area contributed by atoms with Crippen molar-refractivity contribution in [3.8, 4) is 0 Å². The second kappa shape index (κ2) is 7.47. The van der Waals surface area contributed by atoms with Crippen LogP contribution in [-0.4, -0.2) is 51.9 Å². The molecule has 1 aliphatic heterocycles. The van der Waals surface area contributed by atoms with Gasteiger partial charge < -0.3 is 20.3 Å². The Labute approximate surface area is 152 Å². The zero-order valence-corrected chi connectivity index (χ0v) is 15.1. The number of hydrogen-bond donors (Lipinski definition) is 2. The molecule has 3 rings (SSSR count). The Morgan fingerprint density at radius 2 is 2.04 bits per heavy atom. The summed E-state index contributed by atoms with van der Waals surface area (Å²) in [6.45, 7) is 4.55. The van der Waals surface area contributed by atoms with Crippen LogP contribution in [0.15, 0.2) is 36.7 Å². The van der Waals surface area contributed by atoms with Crippen molar-refractivity contribution in [2.45, 2.75) is 26.0 Å². The van der Waals surface area contributed by atoms with Gasteiger partial charge in [0.1, 0.15) is 6.10 Å². The van der Waals surface area contributed by atoms with Gasteiger partial charge in [0.05, 0.1) is 25.0 Å². The molecule has 0 aliphatic carbocycles. The van der Waals surface area contributed by atoms with Crippen molar-refractivity contribution in [2.24, 2.45) is 7.05 Å². The molecule has 1 saturated heterocycles. The van der Waals surface area contributed by atoms with Crippen molar-refractivity contribution < 1.29 is 14.3 Å². The molecule has 2 N–H and O–H groups in total. The van der Waals surface area contributed by atoms with Gasteiger partial charge in [-0.25, -0.2) is 4.79 Å². The van der Waals surface area contributed by atoms with E-state index in [0.717, 1.165) is 11.4 Å². The molecular weight excluding hydrogens is 334 g/mol. The molecule has 1 aromatic carbocycles. The fourth-order valence-electron chi connectivity index (χ4n) is 2.66. The third kappa shape index (κ3) is 4.33. The molecule has 0 atom stereocenters. The van der Waals surface area contributed by atoms with Crippen LogP contribution in [-0.2, 0) is 11.8 Å². The Morgan fingerprint density at radius 3 is 2.69 bits per heavy atom.